The second-order valence-electron chi connectivity index (χ2n) is 6.57. The number of nitrogen functional groups attached to an aromatic ring is 1. The number of anilines is 2. The molecule has 29 heavy (non-hydrogen) atoms. The van der Waals surface area contributed by atoms with Gasteiger partial charge in [-0.1, -0.05) is 17.8 Å². The molecule has 0 aromatic carbocycles. The molecule has 2 N–H and O–H groups in total. The molecule has 0 saturated heterocycles. The number of nitrogens with two attached hydrogens (primary N) is 1. The number of thioether (sulfide) groups is 1. The molecule has 0 aliphatic rings. The molecular formula is C18H19N7OS3. The van der Waals surface area contributed by atoms with E-state index >= 15 is 0 Å². The molecule has 1 unspecified atom stereocenters. The van der Waals surface area contributed by atoms with Gasteiger partial charge in [-0.05, 0) is 18.4 Å². The van der Waals surface area contributed by atoms with Gasteiger partial charge in [0, 0.05) is 37.0 Å². The summed E-state index contributed by atoms with van der Waals surface area (Å²) in [6.45, 7) is 1.96. The van der Waals surface area contributed by atoms with Crippen molar-refractivity contribution in [2.75, 3.05) is 24.7 Å². The van der Waals surface area contributed by atoms with Crippen molar-refractivity contribution in [1.29, 1.82) is 0 Å². The van der Waals surface area contributed by atoms with Crippen molar-refractivity contribution in [2.45, 2.75) is 17.3 Å². The molecule has 0 saturated carbocycles. The van der Waals surface area contributed by atoms with Gasteiger partial charge in [0.25, 0.3) is 5.56 Å². The zero-order valence-corrected chi connectivity index (χ0v) is 18.7. The second-order valence-corrected chi connectivity index (χ2v) is 9.69. The highest BCUT2D eigenvalue weighted by molar-refractivity contribution is 7.99. The zero-order valence-electron chi connectivity index (χ0n) is 16.3. The van der Waals surface area contributed by atoms with Crippen molar-refractivity contribution in [3.8, 4) is 10.4 Å². The molecule has 8 nitrogen and oxygen atoms in total. The Morgan fingerprint density at radius 2 is 2.00 bits per heavy atom. The van der Waals surface area contributed by atoms with Crippen molar-refractivity contribution < 1.29 is 0 Å². The Hall–Kier alpha value is -2.50. The van der Waals surface area contributed by atoms with Gasteiger partial charge >= 0.3 is 0 Å². The molecule has 0 bridgehead atoms. The standard InChI is InChI=1S/C18H19N7OS3/c1-9(13-20-16(19)23-17(21-13)24(2)3)29-18-22-14-12(15(26)25(18)4)10(8-28-14)11-6-5-7-27-11/h5-9H,1-4H3,(H2,19,20,21,23). The minimum absolute atomic E-state index is 0.0570. The molecule has 4 aromatic rings. The third-order valence-electron chi connectivity index (χ3n) is 4.26. The first kappa shape index (κ1) is 19.8. The Morgan fingerprint density at radius 3 is 2.69 bits per heavy atom. The van der Waals surface area contributed by atoms with E-state index in [1.165, 1.54) is 23.1 Å². The predicted molar refractivity (Wildman–Crippen MR) is 121 cm³/mol. The van der Waals surface area contributed by atoms with E-state index in [0.29, 0.717) is 22.3 Å². The lowest BCUT2D eigenvalue weighted by Crippen LogP contribution is -2.20. The van der Waals surface area contributed by atoms with Gasteiger partial charge in [-0.3, -0.25) is 9.36 Å². The number of rotatable bonds is 5. The Morgan fingerprint density at radius 1 is 1.21 bits per heavy atom. The average molecular weight is 446 g/mol. The topological polar surface area (TPSA) is 103 Å². The molecule has 0 aliphatic carbocycles. The molecule has 0 spiro atoms. The van der Waals surface area contributed by atoms with Gasteiger partial charge in [-0.2, -0.15) is 15.0 Å². The number of thiophene rings is 2. The van der Waals surface area contributed by atoms with E-state index in [4.69, 9.17) is 10.7 Å². The highest BCUT2D eigenvalue weighted by Gasteiger charge is 2.20. The highest BCUT2D eigenvalue weighted by atomic mass is 32.2. The van der Waals surface area contributed by atoms with Crippen LogP contribution >= 0.6 is 34.4 Å². The Kier molecular flexibility index (Phi) is 5.28. The number of nitrogens with zero attached hydrogens (tertiary/aromatic N) is 6. The first-order chi connectivity index (χ1) is 13.8. The van der Waals surface area contributed by atoms with Crippen LogP contribution in [0.3, 0.4) is 0 Å². The van der Waals surface area contributed by atoms with Crippen molar-refractivity contribution in [3.05, 3.63) is 39.1 Å². The maximum atomic E-state index is 13.1. The summed E-state index contributed by atoms with van der Waals surface area (Å²) in [5.74, 6) is 1.21. The molecule has 150 valence electrons. The smallest absolute Gasteiger partial charge is 0.263 e. The Bertz CT molecular complexity index is 1230. The largest absolute Gasteiger partial charge is 0.368 e. The summed E-state index contributed by atoms with van der Waals surface area (Å²) in [6, 6.07) is 4.00. The first-order valence-corrected chi connectivity index (χ1v) is 11.4. The van der Waals surface area contributed by atoms with Gasteiger partial charge in [0.1, 0.15) is 10.7 Å². The number of aromatic nitrogens is 5. The van der Waals surface area contributed by atoms with Crippen LogP contribution in [0.5, 0.6) is 0 Å². The number of fused-ring (bicyclic) bond motifs is 1. The van der Waals surface area contributed by atoms with Crippen LogP contribution in [0, 0.1) is 0 Å². The van der Waals surface area contributed by atoms with Crippen LogP contribution in [-0.2, 0) is 7.05 Å². The second kappa shape index (κ2) is 7.73. The summed E-state index contributed by atoms with van der Waals surface area (Å²) < 4.78 is 1.59. The quantitative estimate of drug-likeness (QED) is 0.368. The summed E-state index contributed by atoms with van der Waals surface area (Å²) in [4.78, 5) is 34.3. The molecule has 4 aromatic heterocycles. The molecule has 4 heterocycles. The molecular weight excluding hydrogens is 426 g/mol. The van der Waals surface area contributed by atoms with E-state index < -0.39 is 0 Å². The normalized spacial score (nSPS) is 12.4. The molecule has 0 radical (unpaired) electrons. The molecule has 11 heteroatoms. The third kappa shape index (κ3) is 3.72. The molecule has 0 amide bonds. The van der Waals surface area contributed by atoms with E-state index in [9.17, 15) is 4.79 Å². The summed E-state index contributed by atoms with van der Waals surface area (Å²) in [7, 11) is 5.43. The monoisotopic (exact) mass is 445 g/mol. The minimum atomic E-state index is -0.161. The van der Waals surface area contributed by atoms with Gasteiger partial charge in [-0.15, -0.1) is 22.7 Å². The highest BCUT2D eigenvalue weighted by Crippen LogP contribution is 2.37. The van der Waals surface area contributed by atoms with E-state index in [0.717, 1.165) is 15.3 Å². The lowest BCUT2D eigenvalue weighted by molar-refractivity contribution is 0.723. The van der Waals surface area contributed by atoms with Crippen LogP contribution in [-0.4, -0.2) is 38.6 Å². The zero-order chi connectivity index (χ0) is 20.7. The number of hydrogen-bond acceptors (Lipinski definition) is 10. The number of hydrogen-bond donors (Lipinski definition) is 1. The summed E-state index contributed by atoms with van der Waals surface area (Å²) in [5, 5.41) is 5.12. The maximum Gasteiger partial charge on any atom is 0.263 e. The van der Waals surface area contributed by atoms with Crippen molar-refractivity contribution in [2.24, 2.45) is 7.05 Å². The fourth-order valence-electron chi connectivity index (χ4n) is 2.76. The van der Waals surface area contributed by atoms with E-state index in [-0.39, 0.29) is 16.8 Å². The van der Waals surface area contributed by atoms with Gasteiger partial charge in [0.15, 0.2) is 5.16 Å². The SMILES string of the molecule is CC(Sc1nc2scc(-c3cccs3)c2c(=O)n1C)c1nc(N)nc(N(C)C)n1. The van der Waals surface area contributed by atoms with Gasteiger partial charge in [-0.25, -0.2) is 4.98 Å². The van der Waals surface area contributed by atoms with Crippen LogP contribution in [0.15, 0.2) is 32.8 Å². The fourth-order valence-corrected chi connectivity index (χ4v) is 5.48. The van der Waals surface area contributed by atoms with Crippen LogP contribution in [0.4, 0.5) is 11.9 Å². The molecule has 0 aliphatic heterocycles. The predicted octanol–water partition coefficient (Wildman–Crippen LogP) is 3.41. The lowest BCUT2D eigenvalue weighted by Gasteiger charge is -2.15. The van der Waals surface area contributed by atoms with Crippen molar-refractivity contribution in [3.63, 3.8) is 0 Å². The van der Waals surface area contributed by atoms with Crippen LogP contribution in [0.25, 0.3) is 20.7 Å². The minimum Gasteiger partial charge on any atom is -0.368 e. The van der Waals surface area contributed by atoms with Gasteiger partial charge in [0.05, 0.1) is 10.6 Å². The summed E-state index contributed by atoms with van der Waals surface area (Å²) in [5.41, 5.74) is 6.73. The Balaban J connectivity index is 1.72. The maximum absolute atomic E-state index is 13.1. The molecule has 0 fully saturated rings. The summed E-state index contributed by atoms with van der Waals surface area (Å²) >= 11 is 4.52. The van der Waals surface area contributed by atoms with E-state index in [1.54, 1.807) is 27.9 Å². The lowest BCUT2D eigenvalue weighted by atomic mass is 10.2. The third-order valence-corrected chi connectivity index (χ3v) is 7.18. The van der Waals surface area contributed by atoms with E-state index in [1.807, 2.05) is 43.9 Å². The Labute approximate surface area is 179 Å². The van der Waals surface area contributed by atoms with Crippen molar-refractivity contribution in [1.82, 2.24) is 24.5 Å². The summed E-state index contributed by atoms with van der Waals surface area (Å²) in [6.07, 6.45) is 0. The van der Waals surface area contributed by atoms with Gasteiger partial charge < -0.3 is 10.6 Å². The van der Waals surface area contributed by atoms with Crippen LogP contribution < -0.4 is 16.2 Å². The first-order valence-electron chi connectivity index (χ1n) is 8.72. The van der Waals surface area contributed by atoms with E-state index in [2.05, 4.69) is 15.0 Å². The van der Waals surface area contributed by atoms with Crippen molar-refractivity contribution >= 4 is 56.5 Å². The average Bonchev–Trinajstić information content (AvgIpc) is 3.34. The molecule has 1 atom stereocenters. The molecule has 4 rings (SSSR count). The van der Waals surface area contributed by atoms with Crippen LogP contribution in [0.1, 0.15) is 18.0 Å². The van der Waals surface area contributed by atoms with Gasteiger partial charge in [0.2, 0.25) is 11.9 Å². The fraction of sp³-hybridized carbons (Fsp3) is 0.278. The van der Waals surface area contributed by atoms with Crippen LogP contribution in [0.2, 0.25) is 0 Å².